The van der Waals surface area contributed by atoms with E-state index >= 15 is 0 Å². The summed E-state index contributed by atoms with van der Waals surface area (Å²) in [4.78, 5) is 43.2. The van der Waals surface area contributed by atoms with Crippen LogP contribution in [-0.2, 0) is 4.79 Å². The fourth-order valence-corrected chi connectivity index (χ4v) is 3.42. The maximum atomic E-state index is 13.3. The molecule has 13 heteroatoms. The fourth-order valence-electron chi connectivity index (χ4n) is 2.58. The van der Waals surface area contributed by atoms with Gasteiger partial charge in [0.15, 0.2) is 22.6 Å². The van der Waals surface area contributed by atoms with Crippen molar-refractivity contribution in [1.29, 1.82) is 0 Å². The van der Waals surface area contributed by atoms with Crippen molar-refractivity contribution >= 4 is 52.4 Å². The zero-order chi connectivity index (χ0) is 24.1. The van der Waals surface area contributed by atoms with E-state index in [-0.39, 0.29) is 28.0 Å². The van der Waals surface area contributed by atoms with E-state index in [2.05, 4.69) is 20.6 Å². The summed E-state index contributed by atoms with van der Waals surface area (Å²) in [6.45, 7) is 0. The molecule has 2 amide bonds. The maximum Gasteiger partial charge on any atom is 0.277 e. The lowest BCUT2D eigenvalue weighted by Gasteiger charge is -2.11. The van der Waals surface area contributed by atoms with Crippen LogP contribution in [0.15, 0.2) is 46.3 Å². The number of aromatic nitrogens is 2. The number of halogens is 3. The number of benzene rings is 2. The zero-order valence-corrected chi connectivity index (χ0v) is 18.4. The third kappa shape index (κ3) is 5.99. The van der Waals surface area contributed by atoms with E-state index in [9.17, 15) is 23.2 Å². The van der Waals surface area contributed by atoms with Crippen molar-refractivity contribution in [2.24, 2.45) is 0 Å². The largest absolute Gasteiger partial charge is 0.495 e. The van der Waals surface area contributed by atoms with Gasteiger partial charge in [-0.15, -0.1) is 0 Å². The number of H-pyrrole nitrogens is 1. The number of nitrogens with two attached hydrogens (primary N) is 1. The molecule has 33 heavy (non-hydrogen) atoms. The van der Waals surface area contributed by atoms with Crippen LogP contribution in [0.3, 0.4) is 0 Å². The first-order valence-corrected chi connectivity index (χ1v) is 10.5. The molecule has 0 radical (unpaired) electrons. The highest BCUT2D eigenvalue weighted by Crippen LogP contribution is 2.28. The van der Waals surface area contributed by atoms with Crippen LogP contribution in [-0.4, -0.2) is 34.6 Å². The number of carbonyl (C=O) groups excluding carboxylic acids is 2. The average molecular weight is 496 g/mol. The molecule has 2 aromatic carbocycles. The molecule has 1 aromatic heterocycles. The minimum atomic E-state index is -1.22. The third-order valence-corrected chi connectivity index (χ3v) is 5.23. The first kappa shape index (κ1) is 24.0. The quantitative estimate of drug-likeness (QED) is 0.291. The molecule has 0 aliphatic carbocycles. The Labute approximate surface area is 194 Å². The molecule has 172 valence electrons. The SMILES string of the molecule is COc1ccc(Cl)cc1NC(=O)CSc1nc(N)c(NC(=O)c2ccc(F)c(F)c2)c(=O)[nH]1. The molecule has 0 unspecified atom stereocenters. The van der Waals surface area contributed by atoms with Crippen LogP contribution in [0, 0.1) is 11.6 Å². The topological polar surface area (TPSA) is 139 Å². The van der Waals surface area contributed by atoms with Crippen LogP contribution >= 0.6 is 23.4 Å². The molecule has 0 aliphatic heterocycles. The molecule has 3 rings (SSSR count). The van der Waals surface area contributed by atoms with Crippen LogP contribution in [0.2, 0.25) is 5.02 Å². The van der Waals surface area contributed by atoms with Crippen molar-refractivity contribution in [3.8, 4) is 5.75 Å². The number of rotatable bonds is 7. The van der Waals surface area contributed by atoms with Gasteiger partial charge in [-0.2, -0.15) is 0 Å². The van der Waals surface area contributed by atoms with E-state index in [1.165, 1.54) is 13.2 Å². The number of nitrogens with zero attached hydrogens (tertiary/aromatic N) is 1. The number of thioether (sulfide) groups is 1. The highest BCUT2D eigenvalue weighted by molar-refractivity contribution is 7.99. The number of aromatic amines is 1. The minimum absolute atomic E-state index is 0.0246. The highest BCUT2D eigenvalue weighted by atomic mass is 35.5. The Kier molecular flexibility index (Phi) is 7.51. The molecule has 9 nitrogen and oxygen atoms in total. The molecule has 0 spiro atoms. The van der Waals surface area contributed by atoms with Crippen molar-refractivity contribution in [2.75, 3.05) is 29.2 Å². The second kappa shape index (κ2) is 10.3. The van der Waals surface area contributed by atoms with Crippen molar-refractivity contribution in [3.63, 3.8) is 0 Å². The van der Waals surface area contributed by atoms with Crippen LogP contribution < -0.4 is 26.7 Å². The van der Waals surface area contributed by atoms with E-state index < -0.39 is 29.0 Å². The Balaban J connectivity index is 1.67. The zero-order valence-electron chi connectivity index (χ0n) is 16.9. The van der Waals surface area contributed by atoms with Gasteiger partial charge in [-0.25, -0.2) is 13.8 Å². The summed E-state index contributed by atoms with van der Waals surface area (Å²) in [6, 6.07) is 7.22. The van der Waals surface area contributed by atoms with Gasteiger partial charge in [0.1, 0.15) is 11.4 Å². The number of ether oxygens (including phenoxy) is 1. The van der Waals surface area contributed by atoms with Crippen LogP contribution in [0.1, 0.15) is 10.4 Å². The number of anilines is 3. The van der Waals surface area contributed by atoms with Crippen molar-refractivity contribution < 1.29 is 23.1 Å². The molecule has 0 bridgehead atoms. The number of nitrogen functional groups attached to an aromatic ring is 1. The van der Waals surface area contributed by atoms with Crippen LogP contribution in [0.25, 0.3) is 0 Å². The van der Waals surface area contributed by atoms with E-state index in [1.807, 2.05) is 0 Å². The smallest absolute Gasteiger partial charge is 0.277 e. The van der Waals surface area contributed by atoms with E-state index in [0.717, 1.165) is 23.9 Å². The lowest BCUT2D eigenvalue weighted by molar-refractivity contribution is -0.113. The third-order valence-electron chi connectivity index (χ3n) is 4.12. The fraction of sp³-hybridized carbons (Fsp3) is 0.100. The Morgan fingerprint density at radius 2 is 1.94 bits per heavy atom. The van der Waals surface area contributed by atoms with Gasteiger partial charge < -0.3 is 21.1 Å². The number of methoxy groups -OCH3 is 1. The normalized spacial score (nSPS) is 10.5. The monoisotopic (exact) mass is 495 g/mol. The summed E-state index contributed by atoms with van der Waals surface area (Å²) >= 11 is 6.81. The van der Waals surface area contributed by atoms with Gasteiger partial charge >= 0.3 is 0 Å². The molecule has 0 atom stereocenters. The lowest BCUT2D eigenvalue weighted by atomic mass is 10.2. The first-order valence-electron chi connectivity index (χ1n) is 9.10. The molecule has 0 aliphatic rings. The first-order chi connectivity index (χ1) is 15.7. The van der Waals surface area contributed by atoms with Crippen molar-refractivity contribution in [2.45, 2.75) is 5.16 Å². The summed E-state index contributed by atoms with van der Waals surface area (Å²) in [5.74, 6) is -3.71. The summed E-state index contributed by atoms with van der Waals surface area (Å²) in [5, 5.41) is 5.27. The van der Waals surface area contributed by atoms with E-state index in [1.54, 1.807) is 12.1 Å². The standard InChI is InChI=1S/C20H16ClF2N5O4S/c1-32-14-5-3-10(21)7-13(14)25-15(29)8-33-20-27-17(24)16(19(31)28-20)26-18(30)9-2-4-11(22)12(23)6-9/h2-7H,8H2,1H3,(H,25,29)(H,26,30)(H3,24,27,28,31). The number of hydrogen-bond acceptors (Lipinski definition) is 7. The molecular weight excluding hydrogens is 480 g/mol. The molecule has 3 aromatic rings. The van der Waals surface area contributed by atoms with Gasteiger partial charge in [-0.05, 0) is 36.4 Å². The van der Waals surface area contributed by atoms with Crippen LogP contribution in [0.4, 0.5) is 26.0 Å². The number of nitrogens with one attached hydrogen (secondary N) is 3. The molecule has 1 heterocycles. The molecule has 0 saturated carbocycles. The predicted octanol–water partition coefficient (Wildman–Crippen LogP) is 3.28. The summed E-state index contributed by atoms with van der Waals surface area (Å²) in [6.07, 6.45) is 0. The number of hydrogen-bond donors (Lipinski definition) is 4. The minimum Gasteiger partial charge on any atom is -0.495 e. The van der Waals surface area contributed by atoms with Gasteiger partial charge in [0.05, 0.1) is 18.6 Å². The Bertz CT molecular complexity index is 1290. The van der Waals surface area contributed by atoms with Crippen molar-refractivity contribution in [3.05, 3.63) is 69.0 Å². The molecular formula is C20H16ClF2N5O4S. The second-order valence-corrected chi connectivity index (χ2v) is 7.80. The van der Waals surface area contributed by atoms with E-state index in [4.69, 9.17) is 22.1 Å². The molecule has 5 N–H and O–H groups in total. The van der Waals surface area contributed by atoms with Gasteiger partial charge in [-0.3, -0.25) is 19.4 Å². The Morgan fingerprint density at radius 1 is 1.18 bits per heavy atom. The Hall–Kier alpha value is -3.64. The van der Waals surface area contributed by atoms with Gasteiger partial charge in [0.2, 0.25) is 5.91 Å². The molecule has 0 fully saturated rings. The summed E-state index contributed by atoms with van der Waals surface area (Å²) in [7, 11) is 1.44. The molecule has 0 saturated heterocycles. The second-order valence-electron chi connectivity index (χ2n) is 6.40. The van der Waals surface area contributed by atoms with E-state index in [0.29, 0.717) is 22.5 Å². The number of carbonyl (C=O) groups is 2. The number of amides is 2. The van der Waals surface area contributed by atoms with Gasteiger partial charge in [0, 0.05) is 10.6 Å². The maximum absolute atomic E-state index is 13.3. The van der Waals surface area contributed by atoms with Crippen LogP contribution in [0.5, 0.6) is 5.75 Å². The Morgan fingerprint density at radius 3 is 2.61 bits per heavy atom. The average Bonchev–Trinajstić information content (AvgIpc) is 2.76. The summed E-state index contributed by atoms with van der Waals surface area (Å²) in [5.41, 5.74) is 4.74. The summed E-state index contributed by atoms with van der Waals surface area (Å²) < 4.78 is 31.5. The predicted molar refractivity (Wildman–Crippen MR) is 121 cm³/mol. The van der Waals surface area contributed by atoms with Crippen molar-refractivity contribution in [1.82, 2.24) is 9.97 Å². The lowest BCUT2D eigenvalue weighted by Crippen LogP contribution is -2.23. The van der Waals surface area contributed by atoms with Gasteiger partial charge in [0.25, 0.3) is 11.5 Å². The van der Waals surface area contributed by atoms with Gasteiger partial charge in [-0.1, -0.05) is 23.4 Å². The highest BCUT2D eigenvalue weighted by Gasteiger charge is 2.16.